The van der Waals surface area contributed by atoms with Crippen LogP contribution in [0.4, 0.5) is 0 Å². The maximum Gasteiger partial charge on any atom is 0.186 e. The van der Waals surface area contributed by atoms with Gasteiger partial charge in [-0.25, -0.2) is 4.98 Å². The van der Waals surface area contributed by atoms with Crippen molar-refractivity contribution in [2.24, 2.45) is 0 Å². The van der Waals surface area contributed by atoms with Crippen molar-refractivity contribution in [3.05, 3.63) is 46.4 Å². The highest BCUT2D eigenvalue weighted by Gasteiger charge is 2.09. The molecule has 0 saturated carbocycles. The van der Waals surface area contributed by atoms with Crippen LogP contribution in [0.15, 0.2) is 35.2 Å². The highest BCUT2D eigenvalue weighted by atomic mass is 32.1. The van der Waals surface area contributed by atoms with E-state index < -0.39 is 0 Å². The molecule has 0 spiro atoms. The molecule has 0 atom stereocenters. The number of carbonyl (C=O) groups is 1. The predicted octanol–water partition coefficient (Wildman–Crippen LogP) is 2.58. The van der Waals surface area contributed by atoms with Crippen molar-refractivity contribution >= 4 is 17.1 Å². The molecule has 0 aliphatic rings. The normalized spacial score (nSPS) is 10.1. The van der Waals surface area contributed by atoms with Gasteiger partial charge in [0.1, 0.15) is 11.4 Å². The molecule has 0 unspecified atom stereocenters. The van der Waals surface area contributed by atoms with Gasteiger partial charge >= 0.3 is 0 Å². The molecule has 16 heavy (non-hydrogen) atoms. The van der Waals surface area contributed by atoms with E-state index in [0.717, 1.165) is 11.3 Å². The lowest BCUT2D eigenvalue weighted by molar-refractivity contribution is 0.0989. The molecular weight excluding hydrogens is 222 g/mol. The average Bonchev–Trinajstić information content (AvgIpc) is 2.83. The molecule has 4 heteroatoms. The SMILES string of the molecule is COc1cccc(CC(=O)c2cscn2)c1. The number of methoxy groups -OCH3 is 1. The van der Waals surface area contributed by atoms with Gasteiger partial charge in [0.25, 0.3) is 0 Å². The Labute approximate surface area is 97.7 Å². The first-order valence-corrected chi connectivity index (χ1v) is 5.78. The third kappa shape index (κ3) is 2.46. The molecule has 0 saturated heterocycles. The lowest BCUT2D eigenvalue weighted by atomic mass is 10.1. The Morgan fingerprint density at radius 1 is 1.50 bits per heavy atom. The summed E-state index contributed by atoms with van der Waals surface area (Å²) in [6.07, 6.45) is 0.362. The van der Waals surface area contributed by atoms with Gasteiger partial charge in [-0.15, -0.1) is 11.3 Å². The number of thiazole rings is 1. The highest BCUT2D eigenvalue weighted by Crippen LogP contribution is 2.14. The van der Waals surface area contributed by atoms with E-state index in [-0.39, 0.29) is 5.78 Å². The maximum absolute atomic E-state index is 11.8. The van der Waals surface area contributed by atoms with Gasteiger partial charge in [0, 0.05) is 11.8 Å². The van der Waals surface area contributed by atoms with Crippen molar-refractivity contribution in [1.82, 2.24) is 4.98 Å². The highest BCUT2D eigenvalue weighted by molar-refractivity contribution is 7.07. The van der Waals surface area contributed by atoms with E-state index in [9.17, 15) is 4.79 Å². The van der Waals surface area contributed by atoms with Crippen LogP contribution >= 0.6 is 11.3 Å². The number of hydrogen-bond donors (Lipinski definition) is 0. The Morgan fingerprint density at radius 2 is 2.38 bits per heavy atom. The van der Waals surface area contributed by atoms with Gasteiger partial charge in [-0.2, -0.15) is 0 Å². The number of carbonyl (C=O) groups excluding carboxylic acids is 1. The summed E-state index contributed by atoms with van der Waals surface area (Å²) in [7, 11) is 1.61. The lowest BCUT2D eigenvalue weighted by Crippen LogP contribution is -2.03. The molecule has 1 heterocycles. The topological polar surface area (TPSA) is 39.2 Å². The second kappa shape index (κ2) is 4.90. The van der Waals surface area contributed by atoms with Crippen molar-refractivity contribution in [2.45, 2.75) is 6.42 Å². The van der Waals surface area contributed by atoms with Crippen molar-refractivity contribution in [2.75, 3.05) is 7.11 Å². The fourth-order valence-electron chi connectivity index (χ4n) is 1.41. The number of rotatable bonds is 4. The van der Waals surface area contributed by atoms with Crippen LogP contribution in [0.3, 0.4) is 0 Å². The monoisotopic (exact) mass is 233 g/mol. The van der Waals surface area contributed by atoms with E-state index in [1.54, 1.807) is 18.0 Å². The van der Waals surface area contributed by atoms with E-state index in [4.69, 9.17) is 4.74 Å². The number of nitrogens with zero attached hydrogens (tertiary/aromatic N) is 1. The van der Waals surface area contributed by atoms with Gasteiger partial charge < -0.3 is 4.74 Å². The second-order valence-electron chi connectivity index (χ2n) is 3.33. The van der Waals surface area contributed by atoms with Gasteiger partial charge in [-0.3, -0.25) is 4.79 Å². The summed E-state index contributed by atoms with van der Waals surface area (Å²) in [4.78, 5) is 15.8. The number of hydrogen-bond acceptors (Lipinski definition) is 4. The van der Waals surface area contributed by atoms with Crippen molar-refractivity contribution < 1.29 is 9.53 Å². The van der Waals surface area contributed by atoms with Crippen LogP contribution in [0.25, 0.3) is 0 Å². The number of ketones is 1. The van der Waals surface area contributed by atoms with E-state index in [0.29, 0.717) is 12.1 Å². The summed E-state index contributed by atoms with van der Waals surface area (Å²) in [5.74, 6) is 0.804. The minimum Gasteiger partial charge on any atom is -0.497 e. The number of aromatic nitrogens is 1. The Kier molecular flexibility index (Phi) is 3.31. The summed E-state index contributed by atoms with van der Waals surface area (Å²) in [6, 6.07) is 7.51. The van der Waals surface area contributed by atoms with Crippen molar-refractivity contribution in [1.29, 1.82) is 0 Å². The number of Topliss-reactive ketones (excluding diaryl/α,β-unsaturated/α-hetero) is 1. The molecular formula is C12H11NO2S. The molecule has 0 fully saturated rings. The Balaban J connectivity index is 2.12. The van der Waals surface area contributed by atoms with Crippen LogP contribution < -0.4 is 4.74 Å². The van der Waals surface area contributed by atoms with Crippen LogP contribution in [-0.4, -0.2) is 17.9 Å². The molecule has 1 aromatic carbocycles. The summed E-state index contributed by atoms with van der Waals surface area (Å²) in [5, 5.41) is 1.77. The Hall–Kier alpha value is -1.68. The second-order valence-corrected chi connectivity index (χ2v) is 4.04. The molecule has 2 aromatic rings. The predicted molar refractivity (Wildman–Crippen MR) is 63.1 cm³/mol. The lowest BCUT2D eigenvalue weighted by Gasteiger charge is -2.02. The Morgan fingerprint density at radius 3 is 3.06 bits per heavy atom. The first kappa shape index (κ1) is 10.8. The van der Waals surface area contributed by atoms with Crippen molar-refractivity contribution in [3.8, 4) is 5.75 Å². The van der Waals surface area contributed by atoms with E-state index in [1.165, 1.54) is 11.3 Å². The standard InChI is InChI=1S/C12H11NO2S/c1-15-10-4-2-3-9(5-10)6-12(14)11-7-16-8-13-11/h2-5,7-8H,6H2,1H3. The Bertz CT molecular complexity index is 480. The molecule has 0 bridgehead atoms. The van der Waals surface area contributed by atoms with Crippen LogP contribution in [0.2, 0.25) is 0 Å². The van der Waals surface area contributed by atoms with Crippen LogP contribution in [0, 0.1) is 0 Å². The molecule has 2 rings (SSSR count). The van der Waals surface area contributed by atoms with Crippen molar-refractivity contribution in [3.63, 3.8) is 0 Å². The molecule has 0 aliphatic heterocycles. The number of benzene rings is 1. The molecule has 0 aliphatic carbocycles. The zero-order valence-corrected chi connectivity index (χ0v) is 9.66. The summed E-state index contributed by atoms with van der Waals surface area (Å²) in [6.45, 7) is 0. The largest absolute Gasteiger partial charge is 0.497 e. The van der Waals surface area contributed by atoms with Crippen LogP contribution in [0.1, 0.15) is 16.1 Å². The number of ether oxygens (including phenoxy) is 1. The zero-order valence-electron chi connectivity index (χ0n) is 8.84. The van der Waals surface area contributed by atoms with Gasteiger partial charge in [0.05, 0.1) is 12.6 Å². The van der Waals surface area contributed by atoms with Gasteiger partial charge in [0.15, 0.2) is 5.78 Å². The van der Waals surface area contributed by atoms with Crippen LogP contribution in [0.5, 0.6) is 5.75 Å². The van der Waals surface area contributed by atoms with Gasteiger partial charge in [0.2, 0.25) is 0 Å². The molecule has 0 amide bonds. The van der Waals surface area contributed by atoms with E-state index in [2.05, 4.69) is 4.98 Å². The molecule has 0 radical (unpaired) electrons. The first-order chi connectivity index (χ1) is 7.79. The molecule has 0 N–H and O–H groups in total. The fraction of sp³-hybridized carbons (Fsp3) is 0.167. The minimum absolute atomic E-state index is 0.0366. The molecule has 3 nitrogen and oxygen atoms in total. The third-order valence-corrected chi connectivity index (χ3v) is 2.80. The minimum atomic E-state index is 0.0366. The van der Waals surface area contributed by atoms with Gasteiger partial charge in [-0.1, -0.05) is 12.1 Å². The summed E-state index contributed by atoms with van der Waals surface area (Å²) < 4.78 is 5.10. The quantitative estimate of drug-likeness (QED) is 0.762. The fourth-order valence-corrected chi connectivity index (χ4v) is 1.97. The average molecular weight is 233 g/mol. The molecule has 82 valence electrons. The maximum atomic E-state index is 11.8. The third-order valence-electron chi connectivity index (χ3n) is 2.22. The van der Waals surface area contributed by atoms with Crippen LogP contribution in [-0.2, 0) is 6.42 Å². The van der Waals surface area contributed by atoms with E-state index in [1.807, 2.05) is 24.3 Å². The zero-order chi connectivity index (χ0) is 11.4. The summed E-state index contributed by atoms with van der Waals surface area (Å²) in [5.41, 5.74) is 3.14. The molecule has 1 aromatic heterocycles. The summed E-state index contributed by atoms with van der Waals surface area (Å²) >= 11 is 1.43. The smallest absolute Gasteiger partial charge is 0.186 e. The first-order valence-electron chi connectivity index (χ1n) is 4.84. The van der Waals surface area contributed by atoms with Gasteiger partial charge in [-0.05, 0) is 17.7 Å². The van der Waals surface area contributed by atoms with E-state index >= 15 is 0 Å².